The average Bonchev–Trinajstić information content (AvgIpc) is 2.37. The van der Waals surface area contributed by atoms with Crippen LogP contribution >= 0.6 is 0 Å². The van der Waals surface area contributed by atoms with E-state index in [-0.39, 0.29) is 6.54 Å². The van der Waals surface area contributed by atoms with E-state index in [1.807, 2.05) is 6.07 Å². The molecule has 6 nitrogen and oxygen atoms in total. The molecule has 0 radical (unpaired) electrons. The highest BCUT2D eigenvalue weighted by Gasteiger charge is 2.15. The molecular weight excluding hydrogens is 236 g/mol. The minimum atomic E-state index is -0.890. The molecule has 1 aromatic carbocycles. The maximum atomic E-state index is 10.8. The van der Waals surface area contributed by atoms with E-state index in [2.05, 4.69) is 0 Å². The largest absolute Gasteiger partial charge is 0.486 e. The van der Waals surface area contributed by atoms with Crippen molar-refractivity contribution in [3.8, 4) is 11.5 Å². The van der Waals surface area contributed by atoms with Gasteiger partial charge in [-0.2, -0.15) is 0 Å². The average molecular weight is 252 g/mol. The number of ether oxygens (including phenoxy) is 2. The molecule has 1 aromatic rings. The van der Waals surface area contributed by atoms with Crippen molar-refractivity contribution in [2.45, 2.75) is 0 Å². The number of carbonyl (C=O) groups is 1. The summed E-state index contributed by atoms with van der Waals surface area (Å²) in [5, 5.41) is 8.87. The van der Waals surface area contributed by atoms with Crippen molar-refractivity contribution in [3.63, 3.8) is 0 Å². The lowest BCUT2D eigenvalue weighted by Gasteiger charge is -2.25. The lowest BCUT2D eigenvalue weighted by Crippen LogP contribution is -2.34. The zero-order valence-corrected chi connectivity index (χ0v) is 9.96. The maximum Gasteiger partial charge on any atom is 0.323 e. The fraction of sp³-hybridized carbons (Fsp3) is 0.417. The van der Waals surface area contributed by atoms with Crippen LogP contribution in [-0.2, 0) is 4.79 Å². The Balaban J connectivity index is 2.21. The second-order valence-corrected chi connectivity index (χ2v) is 3.93. The first-order valence-electron chi connectivity index (χ1n) is 5.77. The molecule has 2 rings (SSSR count). The van der Waals surface area contributed by atoms with Crippen LogP contribution in [0.4, 0.5) is 5.69 Å². The fourth-order valence-corrected chi connectivity index (χ4v) is 1.85. The highest BCUT2D eigenvalue weighted by Crippen LogP contribution is 2.33. The molecular formula is C12H16N2O4. The number of hydrogen-bond acceptors (Lipinski definition) is 5. The van der Waals surface area contributed by atoms with Gasteiger partial charge >= 0.3 is 5.97 Å². The molecule has 0 saturated carbocycles. The van der Waals surface area contributed by atoms with Crippen molar-refractivity contribution in [1.29, 1.82) is 0 Å². The summed E-state index contributed by atoms with van der Waals surface area (Å²) in [6, 6.07) is 5.38. The van der Waals surface area contributed by atoms with Crippen molar-refractivity contribution in [2.24, 2.45) is 5.73 Å². The summed E-state index contributed by atoms with van der Waals surface area (Å²) in [7, 11) is 0. The quantitative estimate of drug-likeness (QED) is 0.784. The first kappa shape index (κ1) is 12.5. The summed E-state index contributed by atoms with van der Waals surface area (Å²) in [4.78, 5) is 12.5. The minimum absolute atomic E-state index is 0.0865. The number of nitrogens with two attached hydrogens (primary N) is 1. The van der Waals surface area contributed by atoms with Crippen LogP contribution in [0.5, 0.6) is 11.5 Å². The Labute approximate surface area is 105 Å². The van der Waals surface area contributed by atoms with Crippen molar-refractivity contribution in [1.82, 2.24) is 0 Å². The van der Waals surface area contributed by atoms with Gasteiger partial charge in [0.15, 0.2) is 11.5 Å². The number of rotatable bonds is 5. The van der Waals surface area contributed by atoms with Crippen LogP contribution in [0.1, 0.15) is 0 Å². The predicted molar refractivity (Wildman–Crippen MR) is 66.3 cm³/mol. The van der Waals surface area contributed by atoms with E-state index in [1.54, 1.807) is 17.0 Å². The highest BCUT2D eigenvalue weighted by atomic mass is 16.6. The van der Waals surface area contributed by atoms with Gasteiger partial charge in [-0.1, -0.05) is 0 Å². The van der Waals surface area contributed by atoms with Crippen molar-refractivity contribution >= 4 is 11.7 Å². The molecule has 1 aliphatic rings. The normalized spacial score (nSPS) is 13.2. The van der Waals surface area contributed by atoms with Crippen LogP contribution in [-0.4, -0.2) is 43.9 Å². The molecule has 0 saturated heterocycles. The number of fused-ring (bicyclic) bond motifs is 1. The lowest BCUT2D eigenvalue weighted by molar-refractivity contribution is -0.135. The molecule has 0 aromatic heterocycles. The Kier molecular flexibility index (Phi) is 3.88. The Morgan fingerprint density at radius 3 is 2.72 bits per heavy atom. The number of nitrogens with zero attached hydrogens (tertiary/aromatic N) is 1. The van der Waals surface area contributed by atoms with Gasteiger partial charge < -0.3 is 25.2 Å². The molecule has 6 heteroatoms. The van der Waals surface area contributed by atoms with E-state index in [4.69, 9.17) is 20.3 Å². The summed E-state index contributed by atoms with van der Waals surface area (Å²) in [6.07, 6.45) is 0. The summed E-state index contributed by atoms with van der Waals surface area (Å²) in [5.74, 6) is 0.442. The summed E-state index contributed by atoms with van der Waals surface area (Å²) >= 11 is 0. The minimum Gasteiger partial charge on any atom is -0.486 e. The van der Waals surface area contributed by atoms with Gasteiger partial charge in [-0.15, -0.1) is 0 Å². The van der Waals surface area contributed by atoms with E-state index < -0.39 is 5.97 Å². The van der Waals surface area contributed by atoms with E-state index >= 15 is 0 Å². The molecule has 0 spiro atoms. The monoisotopic (exact) mass is 252 g/mol. The van der Waals surface area contributed by atoms with E-state index in [0.29, 0.717) is 37.8 Å². The van der Waals surface area contributed by atoms with Gasteiger partial charge in [-0.05, 0) is 12.1 Å². The summed E-state index contributed by atoms with van der Waals surface area (Å²) in [5.41, 5.74) is 6.26. The third-order valence-corrected chi connectivity index (χ3v) is 2.62. The third-order valence-electron chi connectivity index (χ3n) is 2.62. The second kappa shape index (κ2) is 5.59. The zero-order chi connectivity index (χ0) is 13.0. The van der Waals surface area contributed by atoms with Gasteiger partial charge in [-0.25, -0.2) is 0 Å². The number of aliphatic carboxylic acids is 1. The number of carboxylic acids is 1. The molecule has 0 atom stereocenters. The summed E-state index contributed by atoms with van der Waals surface area (Å²) < 4.78 is 10.9. The Bertz CT molecular complexity index is 436. The van der Waals surface area contributed by atoms with Crippen LogP contribution in [0, 0.1) is 0 Å². The number of benzene rings is 1. The van der Waals surface area contributed by atoms with Gasteiger partial charge in [0.25, 0.3) is 0 Å². The van der Waals surface area contributed by atoms with Crippen LogP contribution in [0.15, 0.2) is 18.2 Å². The Morgan fingerprint density at radius 1 is 1.33 bits per heavy atom. The topological polar surface area (TPSA) is 85.0 Å². The first-order valence-corrected chi connectivity index (χ1v) is 5.77. The number of anilines is 1. The molecule has 0 amide bonds. The fourth-order valence-electron chi connectivity index (χ4n) is 1.85. The first-order chi connectivity index (χ1) is 8.70. The molecule has 3 N–H and O–H groups in total. The van der Waals surface area contributed by atoms with E-state index in [0.717, 1.165) is 5.69 Å². The molecule has 98 valence electrons. The van der Waals surface area contributed by atoms with Crippen molar-refractivity contribution in [2.75, 3.05) is 37.7 Å². The molecule has 0 unspecified atom stereocenters. The molecule has 0 fully saturated rings. The van der Waals surface area contributed by atoms with Gasteiger partial charge in [0.2, 0.25) is 0 Å². The third kappa shape index (κ3) is 2.84. The smallest absolute Gasteiger partial charge is 0.323 e. The van der Waals surface area contributed by atoms with Crippen LogP contribution in [0.25, 0.3) is 0 Å². The van der Waals surface area contributed by atoms with Crippen molar-refractivity contribution in [3.05, 3.63) is 18.2 Å². The van der Waals surface area contributed by atoms with Crippen molar-refractivity contribution < 1.29 is 19.4 Å². The Morgan fingerprint density at radius 2 is 2.06 bits per heavy atom. The molecule has 1 aliphatic heterocycles. The molecule has 18 heavy (non-hydrogen) atoms. The zero-order valence-electron chi connectivity index (χ0n) is 9.96. The lowest BCUT2D eigenvalue weighted by atomic mass is 10.2. The van der Waals surface area contributed by atoms with E-state index in [1.165, 1.54) is 0 Å². The van der Waals surface area contributed by atoms with Gasteiger partial charge in [0.05, 0.1) is 0 Å². The van der Waals surface area contributed by atoms with Crippen LogP contribution < -0.4 is 20.1 Å². The SMILES string of the molecule is NCCN(CC(=O)O)c1ccc2c(c1)OCCO2. The maximum absolute atomic E-state index is 10.8. The molecule has 0 bridgehead atoms. The predicted octanol–water partition coefficient (Wildman–Crippen LogP) is 0.307. The Hall–Kier alpha value is -1.95. The number of hydrogen-bond donors (Lipinski definition) is 2. The summed E-state index contributed by atoms with van der Waals surface area (Å²) in [6.45, 7) is 1.82. The standard InChI is InChI=1S/C12H16N2O4/c13-3-4-14(8-12(15)16)9-1-2-10-11(7-9)18-6-5-17-10/h1-2,7H,3-6,8,13H2,(H,15,16). The van der Waals surface area contributed by atoms with Crippen LogP contribution in [0.3, 0.4) is 0 Å². The molecule has 0 aliphatic carbocycles. The number of carboxylic acid groups (broad SMARTS) is 1. The van der Waals surface area contributed by atoms with Gasteiger partial charge in [-0.3, -0.25) is 4.79 Å². The van der Waals surface area contributed by atoms with Crippen LogP contribution in [0.2, 0.25) is 0 Å². The van der Waals surface area contributed by atoms with Gasteiger partial charge in [0, 0.05) is 24.8 Å². The highest BCUT2D eigenvalue weighted by molar-refractivity contribution is 5.74. The molecule has 1 heterocycles. The van der Waals surface area contributed by atoms with E-state index in [9.17, 15) is 4.79 Å². The van der Waals surface area contributed by atoms with Gasteiger partial charge in [0.1, 0.15) is 19.8 Å². The second-order valence-electron chi connectivity index (χ2n) is 3.93.